The number of carbonyl (C=O) groups excluding carboxylic acids is 1. The molecule has 1 atom stereocenters. The number of benzene rings is 1. The third kappa shape index (κ3) is 7.24. The molecule has 8 heteroatoms. The minimum atomic E-state index is -0.512. The van der Waals surface area contributed by atoms with Gasteiger partial charge in [0.25, 0.3) is 11.6 Å². The maximum Gasteiger partial charge on any atom is 0.273 e. The molecular weight excluding hydrogens is 310 g/mol. The van der Waals surface area contributed by atoms with Gasteiger partial charge in [0, 0.05) is 18.7 Å². The first-order valence-electron chi connectivity index (χ1n) is 6.93. The van der Waals surface area contributed by atoms with E-state index in [1.54, 1.807) is 6.07 Å². The Morgan fingerprint density at radius 2 is 2.23 bits per heavy atom. The van der Waals surface area contributed by atoms with Gasteiger partial charge < -0.3 is 15.8 Å². The number of nitro groups is 1. The molecule has 0 bridgehead atoms. The van der Waals surface area contributed by atoms with Gasteiger partial charge in [0.05, 0.1) is 11.0 Å². The molecule has 1 amide bonds. The topological polar surface area (TPSA) is 107 Å². The fourth-order valence-electron chi connectivity index (χ4n) is 1.80. The van der Waals surface area contributed by atoms with Gasteiger partial charge in [-0.1, -0.05) is 25.8 Å². The van der Waals surface area contributed by atoms with Gasteiger partial charge in [-0.25, -0.2) is 0 Å². The highest BCUT2D eigenvalue weighted by Gasteiger charge is 2.12. The van der Waals surface area contributed by atoms with Gasteiger partial charge in [-0.05, 0) is 12.5 Å². The molecular formula is C14H22ClN3O4. The molecule has 0 radical (unpaired) electrons. The average Bonchev–Trinajstić information content (AvgIpc) is 2.49. The van der Waals surface area contributed by atoms with Gasteiger partial charge in [-0.2, -0.15) is 0 Å². The lowest BCUT2D eigenvalue weighted by Gasteiger charge is -2.16. The van der Waals surface area contributed by atoms with E-state index in [9.17, 15) is 14.9 Å². The lowest BCUT2D eigenvalue weighted by atomic mass is 10.1. The Morgan fingerprint density at radius 1 is 1.50 bits per heavy atom. The number of non-ortho nitro benzene ring substituents is 1. The summed E-state index contributed by atoms with van der Waals surface area (Å²) in [6.45, 7) is 2.26. The molecule has 0 aliphatic rings. The van der Waals surface area contributed by atoms with E-state index in [-0.39, 0.29) is 42.4 Å². The lowest BCUT2D eigenvalue weighted by Crippen LogP contribution is -2.42. The number of amides is 1. The standard InChI is InChI=1S/C14H21N3O4.ClH/c1-2-3-5-11(9-15)16-14(18)10-21-13-7-4-6-12(8-13)17(19)20;/h4,6-8,11H,2-3,5,9-10,15H2,1H3,(H,16,18);1H. The van der Waals surface area contributed by atoms with Crippen LogP contribution in [0.15, 0.2) is 24.3 Å². The van der Waals surface area contributed by atoms with Crippen molar-refractivity contribution in [1.29, 1.82) is 0 Å². The molecule has 0 aliphatic heterocycles. The Balaban J connectivity index is 0.00000441. The van der Waals surface area contributed by atoms with Gasteiger partial charge in [-0.3, -0.25) is 14.9 Å². The highest BCUT2D eigenvalue weighted by molar-refractivity contribution is 5.85. The summed E-state index contributed by atoms with van der Waals surface area (Å²) < 4.78 is 5.25. The van der Waals surface area contributed by atoms with Crippen LogP contribution >= 0.6 is 12.4 Å². The van der Waals surface area contributed by atoms with Crippen molar-refractivity contribution in [3.63, 3.8) is 0 Å². The molecule has 0 saturated carbocycles. The number of unbranched alkanes of at least 4 members (excludes halogenated alkanes) is 1. The molecule has 7 nitrogen and oxygen atoms in total. The van der Waals surface area contributed by atoms with Crippen molar-refractivity contribution in [1.82, 2.24) is 5.32 Å². The molecule has 3 N–H and O–H groups in total. The number of nitro benzene ring substituents is 1. The van der Waals surface area contributed by atoms with Crippen LogP contribution in [0, 0.1) is 10.1 Å². The zero-order valence-corrected chi connectivity index (χ0v) is 13.3. The number of nitrogens with two attached hydrogens (primary N) is 1. The Bertz CT molecular complexity index is 485. The highest BCUT2D eigenvalue weighted by Crippen LogP contribution is 2.18. The Kier molecular flexibility index (Phi) is 9.89. The zero-order valence-electron chi connectivity index (χ0n) is 12.5. The van der Waals surface area contributed by atoms with Crippen molar-refractivity contribution in [2.24, 2.45) is 5.73 Å². The maximum atomic E-state index is 11.7. The largest absolute Gasteiger partial charge is 0.484 e. The van der Waals surface area contributed by atoms with E-state index in [1.165, 1.54) is 18.2 Å². The third-order valence-electron chi connectivity index (χ3n) is 2.95. The Hall–Kier alpha value is -1.86. The van der Waals surface area contributed by atoms with Gasteiger partial charge in [0.2, 0.25) is 0 Å². The highest BCUT2D eigenvalue weighted by atomic mass is 35.5. The molecule has 0 saturated heterocycles. The molecule has 1 unspecified atom stereocenters. The molecule has 0 fully saturated rings. The van der Waals surface area contributed by atoms with Crippen molar-refractivity contribution in [3.8, 4) is 5.75 Å². The van der Waals surface area contributed by atoms with Crippen LogP contribution in [0.2, 0.25) is 0 Å². The summed E-state index contributed by atoms with van der Waals surface area (Å²) in [5.41, 5.74) is 5.52. The minimum absolute atomic E-state index is 0. The Labute approximate surface area is 135 Å². The van der Waals surface area contributed by atoms with E-state index in [0.717, 1.165) is 19.3 Å². The number of carbonyl (C=O) groups is 1. The Morgan fingerprint density at radius 3 is 2.82 bits per heavy atom. The zero-order chi connectivity index (χ0) is 15.7. The lowest BCUT2D eigenvalue weighted by molar-refractivity contribution is -0.384. The molecule has 1 aromatic carbocycles. The molecule has 0 aliphatic carbocycles. The minimum Gasteiger partial charge on any atom is -0.484 e. The van der Waals surface area contributed by atoms with E-state index >= 15 is 0 Å². The first kappa shape index (κ1) is 20.1. The van der Waals surface area contributed by atoms with Crippen LogP contribution in [0.1, 0.15) is 26.2 Å². The second kappa shape index (κ2) is 10.8. The first-order valence-corrected chi connectivity index (χ1v) is 6.93. The SMILES string of the molecule is CCCCC(CN)NC(=O)COc1cccc([N+](=O)[O-])c1.Cl. The predicted octanol–water partition coefficient (Wildman–Crippen LogP) is 2.03. The monoisotopic (exact) mass is 331 g/mol. The van der Waals surface area contributed by atoms with Crippen LogP contribution in [0.5, 0.6) is 5.75 Å². The number of ether oxygens (including phenoxy) is 1. The normalized spacial score (nSPS) is 11.2. The van der Waals surface area contributed by atoms with E-state index in [4.69, 9.17) is 10.5 Å². The maximum absolute atomic E-state index is 11.7. The van der Waals surface area contributed by atoms with Crippen LogP contribution in [0.3, 0.4) is 0 Å². The van der Waals surface area contributed by atoms with Crippen molar-refractivity contribution >= 4 is 24.0 Å². The van der Waals surface area contributed by atoms with E-state index in [2.05, 4.69) is 12.2 Å². The van der Waals surface area contributed by atoms with E-state index in [1.807, 2.05) is 0 Å². The number of nitrogens with one attached hydrogen (secondary N) is 1. The van der Waals surface area contributed by atoms with Gasteiger partial charge in [0.15, 0.2) is 6.61 Å². The number of hydrogen-bond acceptors (Lipinski definition) is 5. The van der Waals surface area contributed by atoms with Crippen molar-refractivity contribution in [3.05, 3.63) is 34.4 Å². The molecule has 0 heterocycles. The van der Waals surface area contributed by atoms with Gasteiger partial charge in [-0.15, -0.1) is 12.4 Å². The van der Waals surface area contributed by atoms with E-state index < -0.39 is 4.92 Å². The summed E-state index contributed by atoms with van der Waals surface area (Å²) in [5, 5.41) is 13.4. The number of nitrogens with zero attached hydrogens (tertiary/aromatic N) is 1. The summed E-state index contributed by atoms with van der Waals surface area (Å²) >= 11 is 0. The van der Waals surface area contributed by atoms with Crippen molar-refractivity contribution in [2.75, 3.05) is 13.2 Å². The average molecular weight is 332 g/mol. The summed E-state index contributed by atoms with van der Waals surface area (Å²) in [6, 6.07) is 5.66. The molecule has 1 aromatic rings. The second-order valence-electron chi connectivity index (χ2n) is 4.69. The van der Waals surface area contributed by atoms with Crippen LogP contribution < -0.4 is 15.8 Å². The number of rotatable bonds is 9. The molecule has 124 valence electrons. The summed E-state index contributed by atoms with van der Waals surface area (Å²) in [5.74, 6) is 0.00488. The fourth-order valence-corrected chi connectivity index (χ4v) is 1.80. The van der Waals surface area contributed by atoms with Gasteiger partial charge >= 0.3 is 0 Å². The first-order chi connectivity index (χ1) is 10.1. The van der Waals surface area contributed by atoms with Crippen LogP contribution in [-0.4, -0.2) is 30.0 Å². The molecule has 22 heavy (non-hydrogen) atoms. The second-order valence-corrected chi connectivity index (χ2v) is 4.69. The molecule has 0 aromatic heterocycles. The summed E-state index contributed by atoms with van der Waals surface area (Å²) in [6.07, 6.45) is 2.86. The molecule has 1 rings (SSSR count). The van der Waals surface area contributed by atoms with E-state index in [0.29, 0.717) is 6.54 Å². The van der Waals surface area contributed by atoms with Crippen molar-refractivity contribution < 1.29 is 14.5 Å². The van der Waals surface area contributed by atoms with Crippen LogP contribution in [0.25, 0.3) is 0 Å². The number of halogens is 1. The smallest absolute Gasteiger partial charge is 0.273 e. The number of hydrogen-bond donors (Lipinski definition) is 2. The van der Waals surface area contributed by atoms with Crippen molar-refractivity contribution in [2.45, 2.75) is 32.2 Å². The van der Waals surface area contributed by atoms with Gasteiger partial charge in [0.1, 0.15) is 5.75 Å². The molecule has 0 spiro atoms. The summed E-state index contributed by atoms with van der Waals surface area (Å²) in [7, 11) is 0. The predicted molar refractivity (Wildman–Crippen MR) is 86.3 cm³/mol. The quantitative estimate of drug-likeness (QED) is 0.531. The fraction of sp³-hybridized carbons (Fsp3) is 0.500. The van der Waals surface area contributed by atoms with Crippen LogP contribution in [-0.2, 0) is 4.79 Å². The summed E-state index contributed by atoms with van der Waals surface area (Å²) in [4.78, 5) is 21.9. The third-order valence-corrected chi connectivity index (χ3v) is 2.95. The van der Waals surface area contributed by atoms with Crippen LogP contribution in [0.4, 0.5) is 5.69 Å².